The summed E-state index contributed by atoms with van der Waals surface area (Å²) in [5.74, 6) is -4.02. The molecular weight excluding hydrogens is 1640 g/mol. The van der Waals surface area contributed by atoms with Crippen LogP contribution in [0.5, 0.6) is 0 Å². The molecule has 0 amide bonds. The number of aliphatic hydroxyl groups excluding tert-OH is 5. The second-order valence-electron chi connectivity index (χ2n) is 27.5. The normalized spacial score (nSPS) is 13.5. The molecule has 106 heavy (non-hydrogen) atoms. The summed E-state index contributed by atoms with van der Waals surface area (Å²) in [6.45, 7) is 10.6. The van der Waals surface area contributed by atoms with Gasteiger partial charge >= 0.3 is 411 Å². The molecule has 9 atom stereocenters. The van der Waals surface area contributed by atoms with Crippen molar-refractivity contribution in [3.8, 4) is 0 Å². The molecule has 0 aliphatic carbocycles. The number of unbranched alkanes of at least 4 members (excludes halogenated alkanes) is 34. The van der Waals surface area contributed by atoms with E-state index in [0.29, 0.717) is 77.0 Å². The van der Waals surface area contributed by atoms with E-state index in [4.69, 9.17) is 0 Å². The maximum Gasteiger partial charge on any atom is 1.00 e. The Bertz CT molecular complexity index is 2230. The summed E-state index contributed by atoms with van der Waals surface area (Å²) in [6, 6.07) is 0. The van der Waals surface area contributed by atoms with E-state index in [1.807, 2.05) is 6.92 Å². The van der Waals surface area contributed by atoms with Crippen LogP contribution < -0.4 is 432 Å². The van der Waals surface area contributed by atoms with Crippen molar-refractivity contribution >= 4 is 54.2 Å². The fraction of sp³-hybridized carbons (Fsp3) is 0.945. The summed E-state index contributed by atoms with van der Waals surface area (Å²) < 4.78 is 103. The number of aliphatic hydroxyl groups is 5. The van der Waals surface area contributed by atoms with Gasteiger partial charge in [-0.25, -0.2) is 25.3 Å². The molecule has 0 saturated carbocycles. The predicted molar refractivity (Wildman–Crippen MR) is 376 cm³/mol. The number of rotatable bonds is 67. The number of carbonyl (C=O) groups excluding carboxylic acids is 4. The fourth-order valence-corrected chi connectivity index (χ4v) is 14.8. The Labute approximate surface area is 986 Å². The van der Waals surface area contributed by atoms with Crippen LogP contribution >= 0.6 is 0 Å². The van der Waals surface area contributed by atoms with Crippen molar-refractivity contribution in [1.82, 2.24) is 0 Å². The van der Waals surface area contributed by atoms with Crippen LogP contribution in [0.2, 0.25) is 0 Å². The van der Waals surface area contributed by atoms with Crippen molar-refractivity contribution in [3.63, 3.8) is 0 Å². The molecule has 0 rings (SSSR count). The minimum atomic E-state index is -4.51. The largest absolute Gasteiger partial charge is 1.00 e. The smallest absolute Gasteiger partial charge is 0.748 e. The SMILES string of the molecule is CCCCCCCC(O)CC(CCCCCCCC(=O)[O-])S(=O)(=O)[O-].CCCCCCCCC(C(O)CCCCCCCC(=O)[O-])S(=O)(=O)[O-].CCCCCCCCC(C)C(O)C(O)CCCCCCC(=O)[O-].CCCCCCCCC(O)C(CCCCCCCC(=O)[O-])S(=O)(=O)[O-].[K+].[K+].[K+].[K+].[K+].[K+].[K+].[K+]. The van der Waals surface area contributed by atoms with Crippen LogP contribution in [0.3, 0.4) is 0 Å². The van der Waals surface area contributed by atoms with E-state index >= 15 is 0 Å². The van der Waals surface area contributed by atoms with Gasteiger partial charge in [-0.3, -0.25) is 0 Å². The minimum absolute atomic E-state index is 0. The third-order valence-corrected chi connectivity index (χ3v) is 22.0. The number of carboxylic acids is 4. The van der Waals surface area contributed by atoms with Gasteiger partial charge in [0.15, 0.2) is 0 Å². The molecule has 0 aliphatic heterocycles. The number of hydrogen-bond donors (Lipinski definition) is 5. The zero-order chi connectivity index (χ0) is 74.9. The first-order valence-corrected chi connectivity index (χ1v) is 42.8. The van der Waals surface area contributed by atoms with Crippen molar-refractivity contribution in [2.24, 2.45) is 5.92 Å². The Balaban J connectivity index is -0.000000108. The Hall–Kier alpha value is 10.5. The summed E-state index contributed by atoms with van der Waals surface area (Å²) in [5.41, 5.74) is 0. The van der Waals surface area contributed by atoms with Crippen molar-refractivity contribution in [1.29, 1.82) is 0 Å². The molecule has 0 aromatic heterocycles. The van der Waals surface area contributed by atoms with Gasteiger partial charge in [0, 0.05) is 23.9 Å². The van der Waals surface area contributed by atoms with Crippen molar-refractivity contribution in [2.45, 2.75) is 434 Å². The Morgan fingerprint density at radius 1 is 0.274 bits per heavy atom. The average Bonchev–Trinajstić information content (AvgIpc) is 0.875. The first-order chi connectivity index (χ1) is 46.3. The van der Waals surface area contributed by atoms with Gasteiger partial charge in [0.05, 0.1) is 56.4 Å². The number of carbonyl (C=O) groups is 4. The summed E-state index contributed by atoms with van der Waals surface area (Å²) in [5, 5.41) is 88.1. The van der Waals surface area contributed by atoms with Gasteiger partial charge < -0.3 is 78.8 Å². The maximum atomic E-state index is 11.4. The van der Waals surface area contributed by atoms with Crippen LogP contribution in [-0.2, 0) is 49.5 Å². The third-order valence-electron chi connectivity index (χ3n) is 18.2. The fourth-order valence-electron chi connectivity index (χ4n) is 11.9. The molecule has 0 aromatic carbocycles. The second kappa shape index (κ2) is 101. The number of aliphatic carboxylic acids is 4. The van der Waals surface area contributed by atoms with Crippen LogP contribution in [0.25, 0.3) is 0 Å². The van der Waals surface area contributed by atoms with Gasteiger partial charge in [0.2, 0.25) is 0 Å². The zero-order valence-electron chi connectivity index (χ0n) is 69.5. The third kappa shape index (κ3) is 105. The van der Waals surface area contributed by atoms with Crippen LogP contribution in [0.15, 0.2) is 0 Å². The number of hydrogen-bond acceptors (Lipinski definition) is 22. The quantitative estimate of drug-likeness (QED) is 0.0214. The Morgan fingerprint density at radius 2 is 0.481 bits per heavy atom. The molecule has 0 heterocycles. The molecule has 22 nitrogen and oxygen atoms in total. The van der Waals surface area contributed by atoms with Gasteiger partial charge in [-0.2, -0.15) is 0 Å². The van der Waals surface area contributed by atoms with Crippen molar-refractivity contribution < 1.29 is 515 Å². The van der Waals surface area contributed by atoms with Gasteiger partial charge in [-0.15, -0.1) is 0 Å². The molecular formula is C73H139K8O22S3+. The molecule has 0 fully saturated rings. The first-order valence-electron chi connectivity index (χ1n) is 38.4. The van der Waals surface area contributed by atoms with Crippen LogP contribution in [-0.4, -0.2) is 135 Å². The zero-order valence-corrected chi connectivity index (χ0v) is 96.9. The molecule has 0 bridgehead atoms. The van der Waals surface area contributed by atoms with E-state index in [-0.39, 0.29) is 468 Å². The molecule has 588 valence electrons. The predicted octanol–water partition coefficient (Wildman–Crippen LogP) is -13.3. The standard InChI is InChI=1S/C19H38O4.3C18H36O6S.8K/c1-3-4-5-6-7-10-13-16(2)19(23)17(20)14-11-8-9-12-15-18(21)22;1-2-3-4-6-9-12-16(19)15-17(25(22,23)24)13-10-7-5-8-11-14-18(20)21;1-2-3-4-5-8-11-14-17(25(22,23)24)16(19)13-10-7-6-9-12-15-18(20)21;1-2-3-4-5-7-10-13-16(19)17(25(22,23)24)14-11-8-6-9-12-15-18(20)21;;;;;;;;/h16-17,19-20,23H,3-15H2,1-2H3,(H,21,22);3*16-17,19H,2-15H2,1H3,(H,20,21)(H,22,23,24);;;;;;;;/q;;;;8*+1/p-7. The summed E-state index contributed by atoms with van der Waals surface area (Å²) in [6.07, 6.45) is 38.0. The summed E-state index contributed by atoms with van der Waals surface area (Å²) >= 11 is 0. The van der Waals surface area contributed by atoms with Gasteiger partial charge in [0.25, 0.3) is 0 Å². The van der Waals surface area contributed by atoms with Crippen LogP contribution in [0, 0.1) is 5.92 Å². The minimum Gasteiger partial charge on any atom is -0.748 e. The molecule has 0 spiro atoms. The van der Waals surface area contributed by atoms with E-state index in [1.165, 1.54) is 38.5 Å². The molecule has 33 heteroatoms. The van der Waals surface area contributed by atoms with Crippen molar-refractivity contribution in [3.05, 3.63) is 0 Å². The van der Waals surface area contributed by atoms with Gasteiger partial charge in [-0.1, -0.05) is 279 Å². The van der Waals surface area contributed by atoms with Gasteiger partial charge in [0.1, 0.15) is 20.2 Å². The molecule has 0 aliphatic rings. The average molecular weight is 1780 g/mol. The van der Waals surface area contributed by atoms with E-state index in [0.717, 1.165) is 186 Å². The number of carboxylic acid groups (broad SMARTS) is 4. The van der Waals surface area contributed by atoms with Crippen molar-refractivity contribution in [2.75, 3.05) is 0 Å². The molecule has 5 N–H and O–H groups in total. The van der Waals surface area contributed by atoms with E-state index in [2.05, 4.69) is 27.7 Å². The molecule has 0 radical (unpaired) electrons. The van der Waals surface area contributed by atoms with E-state index in [1.54, 1.807) is 0 Å². The van der Waals surface area contributed by atoms with E-state index in [9.17, 15) is 104 Å². The summed E-state index contributed by atoms with van der Waals surface area (Å²) in [7, 11) is -13.4. The first kappa shape index (κ1) is 142. The van der Waals surface area contributed by atoms with Crippen LogP contribution in [0.4, 0.5) is 0 Å². The topological polar surface area (TPSA) is 433 Å². The Kier molecular flexibility index (Phi) is 135. The molecule has 0 saturated heterocycles. The summed E-state index contributed by atoms with van der Waals surface area (Å²) in [4.78, 5) is 41.1. The van der Waals surface area contributed by atoms with Gasteiger partial charge in [-0.05, 0) is 115 Å². The molecule has 9 unspecified atom stereocenters. The maximum absolute atomic E-state index is 11.4. The Morgan fingerprint density at radius 3 is 0.726 bits per heavy atom. The van der Waals surface area contributed by atoms with Crippen LogP contribution in [0.1, 0.15) is 388 Å². The second-order valence-corrected chi connectivity index (χ2v) is 32.3. The molecule has 0 aromatic rings. The monoisotopic (exact) mass is 1780 g/mol. The van der Waals surface area contributed by atoms with E-state index < -0.39 is 101 Å².